The van der Waals surface area contributed by atoms with Crippen molar-refractivity contribution in [3.8, 4) is 0 Å². The number of rotatable bonds is 3. The van der Waals surface area contributed by atoms with E-state index in [4.69, 9.17) is 0 Å². The van der Waals surface area contributed by atoms with Crippen LogP contribution in [0.15, 0.2) is 24.3 Å². The van der Waals surface area contributed by atoms with Gasteiger partial charge in [0.1, 0.15) is 0 Å². The lowest BCUT2D eigenvalue weighted by Gasteiger charge is -2.34. The number of nitrogens with zero attached hydrogens (tertiary/aromatic N) is 2. The van der Waals surface area contributed by atoms with E-state index in [1.54, 1.807) is 4.90 Å². The number of carbonyl (C=O) groups excluding carboxylic acids is 1. The molecule has 1 aromatic carbocycles. The summed E-state index contributed by atoms with van der Waals surface area (Å²) in [4.78, 5) is 16.3. The average molecular weight is 287 g/mol. The number of hydrogen-bond acceptors (Lipinski definition) is 3. The number of piperidine rings is 1. The maximum atomic E-state index is 12.1. The molecule has 1 fully saturated rings. The quantitative estimate of drug-likeness (QED) is 0.924. The Balaban J connectivity index is 1.66. The summed E-state index contributed by atoms with van der Waals surface area (Å²) in [6.07, 6.45) is 3.08. The second-order valence-corrected chi connectivity index (χ2v) is 6.42. The van der Waals surface area contributed by atoms with Crippen molar-refractivity contribution in [3.63, 3.8) is 0 Å². The molecule has 1 amide bonds. The Hall–Kier alpha value is -1.39. The first-order valence-corrected chi connectivity index (χ1v) is 7.92. The Morgan fingerprint density at radius 1 is 1.19 bits per heavy atom. The first kappa shape index (κ1) is 14.5. The van der Waals surface area contributed by atoms with Crippen LogP contribution in [-0.4, -0.2) is 44.5 Å². The Kier molecular flexibility index (Phi) is 4.27. The molecule has 2 aliphatic rings. The van der Waals surface area contributed by atoms with Crippen molar-refractivity contribution in [1.29, 1.82) is 0 Å². The molecule has 1 unspecified atom stereocenters. The minimum Gasteiger partial charge on any atom is -0.315 e. The summed E-state index contributed by atoms with van der Waals surface area (Å²) < 4.78 is 0. The van der Waals surface area contributed by atoms with Gasteiger partial charge in [-0.25, -0.2) is 0 Å². The number of hydrogen-bond donors (Lipinski definition) is 1. The van der Waals surface area contributed by atoms with Crippen molar-refractivity contribution in [2.24, 2.45) is 5.92 Å². The molecule has 0 radical (unpaired) electrons. The smallest absolute Gasteiger partial charge is 0.228 e. The van der Waals surface area contributed by atoms with Crippen molar-refractivity contribution in [2.45, 2.75) is 25.3 Å². The lowest BCUT2D eigenvalue weighted by molar-refractivity contribution is -0.119. The Morgan fingerprint density at radius 2 is 1.90 bits per heavy atom. The van der Waals surface area contributed by atoms with Crippen LogP contribution in [0.2, 0.25) is 0 Å². The van der Waals surface area contributed by atoms with Gasteiger partial charge >= 0.3 is 0 Å². The zero-order chi connectivity index (χ0) is 14.8. The molecule has 0 aromatic heterocycles. The molecule has 4 nitrogen and oxygen atoms in total. The van der Waals surface area contributed by atoms with Crippen LogP contribution in [0, 0.1) is 5.92 Å². The summed E-state index contributed by atoms with van der Waals surface area (Å²) in [6, 6.07) is 8.42. The Bertz CT molecular complexity index is 509. The molecule has 2 heterocycles. The van der Waals surface area contributed by atoms with Crippen molar-refractivity contribution in [2.75, 3.05) is 38.6 Å². The normalized spacial score (nSPS) is 24.2. The number of para-hydroxylation sites is 1. The van der Waals surface area contributed by atoms with E-state index in [1.807, 2.05) is 19.2 Å². The van der Waals surface area contributed by atoms with Crippen LogP contribution >= 0.6 is 0 Å². The number of nitrogens with one attached hydrogen (secondary N) is 1. The molecule has 21 heavy (non-hydrogen) atoms. The van der Waals surface area contributed by atoms with E-state index in [9.17, 15) is 4.79 Å². The van der Waals surface area contributed by atoms with Gasteiger partial charge in [-0.1, -0.05) is 18.2 Å². The number of fused-ring (bicyclic) bond motifs is 1. The average Bonchev–Trinajstić information content (AvgIpc) is 2.51. The van der Waals surface area contributed by atoms with E-state index >= 15 is 0 Å². The fourth-order valence-electron chi connectivity index (χ4n) is 3.40. The van der Waals surface area contributed by atoms with Gasteiger partial charge in [0, 0.05) is 25.2 Å². The van der Waals surface area contributed by atoms with E-state index < -0.39 is 0 Å². The maximum absolute atomic E-state index is 12.1. The summed E-state index contributed by atoms with van der Waals surface area (Å²) in [5, 5.41) is 3.65. The third-order valence-electron chi connectivity index (χ3n) is 4.92. The fourth-order valence-corrected chi connectivity index (χ4v) is 3.40. The molecule has 3 rings (SSSR count). The molecular weight excluding hydrogens is 262 g/mol. The molecule has 1 saturated heterocycles. The topological polar surface area (TPSA) is 35.6 Å². The van der Waals surface area contributed by atoms with Gasteiger partial charge < -0.3 is 15.1 Å². The van der Waals surface area contributed by atoms with Gasteiger partial charge in [-0.15, -0.1) is 0 Å². The SMILES string of the molecule is CN1CCC(CNC2CC(=O)N(C)c3ccccc32)CC1. The van der Waals surface area contributed by atoms with Gasteiger partial charge in [-0.2, -0.15) is 0 Å². The lowest BCUT2D eigenvalue weighted by atomic mass is 9.93. The minimum atomic E-state index is 0.171. The maximum Gasteiger partial charge on any atom is 0.228 e. The van der Waals surface area contributed by atoms with Crippen molar-refractivity contribution < 1.29 is 4.79 Å². The largest absolute Gasteiger partial charge is 0.315 e. The summed E-state index contributed by atoms with van der Waals surface area (Å²) in [7, 11) is 4.06. The van der Waals surface area contributed by atoms with E-state index in [0.717, 1.165) is 18.2 Å². The summed E-state index contributed by atoms with van der Waals surface area (Å²) in [5.74, 6) is 0.942. The highest BCUT2D eigenvalue weighted by Gasteiger charge is 2.29. The first-order chi connectivity index (χ1) is 10.1. The second kappa shape index (κ2) is 6.16. The van der Waals surface area contributed by atoms with E-state index in [0.29, 0.717) is 6.42 Å². The van der Waals surface area contributed by atoms with Gasteiger partial charge in [0.25, 0.3) is 0 Å². The number of anilines is 1. The van der Waals surface area contributed by atoms with Crippen LogP contribution in [0.1, 0.15) is 30.9 Å². The Morgan fingerprint density at radius 3 is 2.67 bits per heavy atom. The van der Waals surface area contributed by atoms with Crippen LogP contribution < -0.4 is 10.2 Å². The highest BCUT2D eigenvalue weighted by Crippen LogP contribution is 2.33. The van der Waals surface area contributed by atoms with Crippen LogP contribution in [0.5, 0.6) is 0 Å². The van der Waals surface area contributed by atoms with Crippen LogP contribution in [-0.2, 0) is 4.79 Å². The second-order valence-electron chi connectivity index (χ2n) is 6.42. The zero-order valence-corrected chi connectivity index (χ0v) is 13.0. The predicted molar refractivity (Wildman–Crippen MR) is 85.4 cm³/mol. The van der Waals surface area contributed by atoms with E-state index in [2.05, 4.69) is 29.4 Å². The van der Waals surface area contributed by atoms with Crippen LogP contribution in [0.3, 0.4) is 0 Å². The van der Waals surface area contributed by atoms with Crippen LogP contribution in [0.4, 0.5) is 5.69 Å². The lowest BCUT2D eigenvalue weighted by Crippen LogP contribution is -2.40. The standard InChI is InChI=1S/C17H25N3O/c1-19-9-7-13(8-10-19)12-18-15-11-17(21)20(2)16-6-4-3-5-14(15)16/h3-6,13,15,18H,7-12H2,1-2H3. The molecular formula is C17H25N3O. The molecule has 2 aliphatic heterocycles. The van der Waals surface area contributed by atoms with Crippen molar-refractivity contribution >= 4 is 11.6 Å². The molecule has 0 aliphatic carbocycles. The predicted octanol–water partition coefficient (Wildman–Crippen LogP) is 2.03. The molecule has 0 saturated carbocycles. The van der Waals surface area contributed by atoms with Crippen molar-refractivity contribution in [3.05, 3.63) is 29.8 Å². The zero-order valence-electron chi connectivity index (χ0n) is 13.0. The number of benzene rings is 1. The van der Waals surface area contributed by atoms with E-state index in [1.165, 1.54) is 31.5 Å². The van der Waals surface area contributed by atoms with Crippen molar-refractivity contribution in [1.82, 2.24) is 10.2 Å². The summed E-state index contributed by atoms with van der Waals surface area (Å²) >= 11 is 0. The van der Waals surface area contributed by atoms with Crippen LogP contribution in [0.25, 0.3) is 0 Å². The third kappa shape index (κ3) is 3.11. The fraction of sp³-hybridized carbons (Fsp3) is 0.588. The minimum absolute atomic E-state index is 0.171. The Labute approximate surface area is 127 Å². The molecule has 4 heteroatoms. The highest BCUT2D eigenvalue weighted by molar-refractivity contribution is 5.96. The third-order valence-corrected chi connectivity index (χ3v) is 4.92. The van der Waals surface area contributed by atoms with E-state index in [-0.39, 0.29) is 11.9 Å². The van der Waals surface area contributed by atoms with Gasteiger partial charge in [0.15, 0.2) is 0 Å². The molecule has 1 aromatic rings. The highest BCUT2D eigenvalue weighted by atomic mass is 16.2. The van der Waals surface area contributed by atoms with Gasteiger partial charge in [-0.05, 0) is 57.1 Å². The first-order valence-electron chi connectivity index (χ1n) is 7.92. The molecule has 1 atom stereocenters. The molecule has 0 bridgehead atoms. The van der Waals surface area contributed by atoms with Gasteiger partial charge in [0.05, 0.1) is 0 Å². The van der Waals surface area contributed by atoms with Gasteiger partial charge in [-0.3, -0.25) is 4.79 Å². The number of likely N-dealkylation sites (tertiary alicyclic amines) is 1. The summed E-state index contributed by atoms with van der Waals surface area (Å²) in [6.45, 7) is 3.40. The van der Waals surface area contributed by atoms with Gasteiger partial charge in [0.2, 0.25) is 5.91 Å². The number of amides is 1. The molecule has 1 N–H and O–H groups in total. The molecule has 0 spiro atoms. The monoisotopic (exact) mass is 287 g/mol. The summed E-state index contributed by atoms with van der Waals surface area (Å²) in [5.41, 5.74) is 2.31. The molecule has 114 valence electrons. The number of carbonyl (C=O) groups is 1.